The molecule has 0 aliphatic carbocycles. The van der Waals surface area contributed by atoms with E-state index in [4.69, 9.17) is 16.3 Å². The maximum Gasteiger partial charge on any atom is 0.265 e. The highest BCUT2D eigenvalue weighted by Crippen LogP contribution is 2.30. The van der Waals surface area contributed by atoms with Crippen LogP contribution in [0.1, 0.15) is 25.7 Å². The zero-order valence-electron chi connectivity index (χ0n) is 17.8. The number of rotatable bonds is 6. The topological polar surface area (TPSA) is 84.4 Å². The molecule has 0 atom stereocenters. The Morgan fingerprint density at radius 3 is 2.44 bits per heavy atom. The van der Waals surface area contributed by atoms with Gasteiger partial charge in [0, 0.05) is 29.4 Å². The Labute approximate surface area is 193 Å². The van der Waals surface area contributed by atoms with Crippen molar-refractivity contribution in [3.8, 4) is 17.0 Å². The number of hydrogen-bond acceptors (Lipinski definition) is 6. The number of hydrogen-bond donors (Lipinski definition) is 1. The van der Waals surface area contributed by atoms with Crippen LogP contribution in [-0.2, 0) is 10.0 Å². The van der Waals surface area contributed by atoms with Gasteiger partial charge in [0.2, 0.25) is 0 Å². The fourth-order valence-corrected chi connectivity index (χ4v) is 5.24. The molecule has 1 fully saturated rings. The molecule has 0 bridgehead atoms. The van der Waals surface area contributed by atoms with Gasteiger partial charge in [0.05, 0.1) is 12.8 Å². The molecular formula is C23H25ClN4O3S. The molecule has 3 aromatic rings. The van der Waals surface area contributed by atoms with Crippen molar-refractivity contribution in [3.63, 3.8) is 0 Å². The SMILES string of the molecule is COc1ccc(Cl)cc1S(=O)(=O)Nc1cccc(-c2ccc(N3CCCCCC3)nn2)c1. The molecule has 1 aromatic heterocycles. The van der Waals surface area contributed by atoms with Crippen LogP contribution in [0.15, 0.2) is 59.5 Å². The van der Waals surface area contributed by atoms with Gasteiger partial charge in [0.15, 0.2) is 5.82 Å². The lowest BCUT2D eigenvalue weighted by Gasteiger charge is -2.20. The normalized spacial score (nSPS) is 14.6. The molecule has 0 unspecified atom stereocenters. The Morgan fingerprint density at radius 2 is 1.75 bits per heavy atom. The first-order valence-electron chi connectivity index (χ1n) is 10.5. The molecule has 1 aliphatic heterocycles. The second-order valence-electron chi connectivity index (χ2n) is 7.66. The average Bonchev–Trinajstić information content (AvgIpc) is 3.09. The molecule has 9 heteroatoms. The second kappa shape index (κ2) is 9.75. The molecule has 1 N–H and O–H groups in total. The highest BCUT2D eigenvalue weighted by Gasteiger charge is 2.20. The molecule has 0 saturated carbocycles. The van der Waals surface area contributed by atoms with E-state index in [1.54, 1.807) is 24.3 Å². The van der Waals surface area contributed by atoms with E-state index in [0.29, 0.717) is 16.4 Å². The van der Waals surface area contributed by atoms with Gasteiger partial charge >= 0.3 is 0 Å². The van der Waals surface area contributed by atoms with E-state index in [2.05, 4.69) is 19.8 Å². The zero-order chi connectivity index (χ0) is 22.6. The number of aromatic nitrogens is 2. The first-order chi connectivity index (χ1) is 15.5. The van der Waals surface area contributed by atoms with Crippen molar-refractivity contribution >= 4 is 33.1 Å². The van der Waals surface area contributed by atoms with Crippen LogP contribution in [0, 0.1) is 0 Å². The lowest BCUT2D eigenvalue weighted by atomic mass is 10.1. The van der Waals surface area contributed by atoms with Gasteiger partial charge in [-0.1, -0.05) is 36.6 Å². The number of ether oxygens (including phenoxy) is 1. The highest BCUT2D eigenvalue weighted by atomic mass is 35.5. The molecule has 0 amide bonds. The summed E-state index contributed by atoms with van der Waals surface area (Å²) in [5, 5.41) is 9.10. The summed E-state index contributed by atoms with van der Waals surface area (Å²) in [6, 6.07) is 15.4. The third-order valence-electron chi connectivity index (χ3n) is 5.41. The van der Waals surface area contributed by atoms with Crippen molar-refractivity contribution in [1.82, 2.24) is 10.2 Å². The van der Waals surface area contributed by atoms with Crippen LogP contribution >= 0.6 is 11.6 Å². The quantitative estimate of drug-likeness (QED) is 0.544. The molecule has 32 heavy (non-hydrogen) atoms. The number of sulfonamides is 1. The first-order valence-corrected chi connectivity index (χ1v) is 12.4. The molecule has 2 heterocycles. The van der Waals surface area contributed by atoms with Crippen molar-refractivity contribution in [2.75, 3.05) is 29.8 Å². The van der Waals surface area contributed by atoms with Crippen molar-refractivity contribution in [1.29, 1.82) is 0 Å². The largest absolute Gasteiger partial charge is 0.495 e. The van der Waals surface area contributed by atoms with Crippen LogP contribution in [-0.4, -0.2) is 38.8 Å². The molecule has 7 nitrogen and oxygen atoms in total. The maximum atomic E-state index is 12.9. The van der Waals surface area contributed by atoms with E-state index in [1.807, 2.05) is 18.2 Å². The third-order valence-corrected chi connectivity index (χ3v) is 7.04. The van der Waals surface area contributed by atoms with Crippen molar-refractivity contribution in [3.05, 3.63) is 59.6 Å². The molecule has 0 spiro atoms. The van der Waals surface area contributed by atoms with Gasteiger partial charge in [-0.15, -0.1) is 10.2 Å². The minimum atomic E-state index is -3.90. The lowest BCUT2D eigenvalue weighted by Crippen LogP contribution is -2.25. The number of halogens is 1. The molecule has 4 rings (SSSR count). The fraction of sp³-hybridized carbons (Fsp3) is 0.304. The van der Waals surface area contributed by atoms with E-state index in [1.165, 1.54) is 44.9 Å². The van der Waals surface area contributed by atoms with Gasteiger partial charge in [0.25, 0.3) is 10.0 Å². The van der Waals surface area contributed by atoms with Crippen molar-refractivity contribution < 1.29 is 13.2 Å². The number of benzene rings is 2. The Bertz CT molecular complexity index is 1180. The Hall–Kier alpha value is -2.84. The third kappa shape index (κ3) is 5.14. The van der Waals surface area contributed by atoms with E-state index >= 15 is 0 Å². The number of nitrogens with one attached hydrogen (secondary N) is 1. The number of nitrogens with zero attached hydrogens (tertiary/aromatic N) is 3. The molecule has 2 aromatic carbocycles. The first kappa shape index (κ1) is 22.4. The van der Waals surface area contributed by atoms with Crippen LogP contribution in [0.4, 0.5) is 11.5 Å². The lowest BCUT2D eigenvalue weighted by molar-refractivity contribution is 0.403. The molecule has 1 aliphatic rings. The summed E-state index contributed by atoms with van der Waals surface area (Å²) in [7, 11) is -2.49. The van der Waals surface area contributed by atoms with Gasteiger partial charge < -0.3 is 9.64 Å². The molecule has 1 saturated heterocycles. The standard InChI is InChI=1S/C23H25ClN4O3S/c1-31-21-11-9-18(24)16-22(21)32(29,30)27-19-8-6-7-17(15-19)20-10-12-23(26-25-20)28-13-4-2-3-5-14-28/h6-12,15-16,27H,2-5,13-14H2,1H3. The van der Waals surface area contributed by atoms with E-state index in [0.717, 1.165) is 24.5 Å². The Morgan fingerprint density at radius 1 is 0.969 bits per heavy atom. The fourth-order valence-electron chi connectivity index (χ4n) is 3.76. The van der Waals surface area contributed by atoms with Crippen molar-refractivity contribution in [2.24, 2.45) is 0 Å². The van der Waals surface area contributed by atoms with E-state index < -0.39 is 10.0 Å². The minimum absolute atomic E-state index is 0.0282. The predicted octanol–water partition coefficient (Wildman–Crippen LogP) is 4.99. The van der Waals surface area contributed by atoms with Crippen molar-refractivity contribution in [2.45, 2.75) is 30.6 Å². The summed E-state index contributed by atoms with van der Waals surface area (Å²) in [6.07, 6.45) is 4.85. The Kier molecular flexibility index (Phi) is 6.81. The van der Waals surface area contributed by atoms with Crippen LogP contribution in [0.25, 0.3) is 11.3 Å². The van der Waals surface area contributed by atoms with Gasteiger partial charge in [0.1, 0.15) is 10.6 Å². The second-order valence-corrected chi connectivity index (χ2v) is 9.75. The molecule has 168 valence electrons. The van der Waals surface area contributed by atoms with Gasteiger partial charge in [-0.2, -0.15) is 0 Å². The predicted molar refractivity (Wildman–Crippen MR) is 127 cm³/mol. The Balaban J connectivity index is 1.55. The smallest absolute Gasteiger partial charge is 0.265 e. The van der Waals surface area contributed by atoms with Gasteiger partial charge in [-0.25, -0.2) is 8.42 Å². The number of anilines is 2. The zero-order valence-corrected chi connectivity index (χ0v) is 19.4. The maximum absolute atomic E-state index is 12.9. The highest BCUT2D eigenvalue weighted by molar-refractivity contribution is 7.92. The summed E-state index contributed by atoms with van der Waals surface area (Å²) in [4.78, 5) is 2.24. The van der Waals surface area contributed by atoms with Gasteiger partial charge in [-0.3, -0.25) is 4.72 Å². The van der Waals surface area contributed by atoms with Gasteiger partial charge in [-0.05, 0) is 55.3 Å². The van der Waals surface area contributed by atoms with E-state index in [-0.39, 0.29) is 10.6 Å². The van der Waals surface area contributed by atoms with Crippen LogP contribution in [0.3, 0.4) is 0 Å². The monoisotopic (exact) mass is 472 g/mol. The summed E-state index contributed by atoms with van der Waals surface area (Å²) >= 11 is 6.00. The summed E-state index contributed by atoms with van der Waals surface area (Å²) in [6.45, 7) is 2.00. The summed E-state index contributed by atoms with van der Waals surface area (Å²) in [5.74, 6) is 1.09. The summed E-state index contributed by atoms with van der Waals surface area (Å²) in [5.41, 5.74) is 1.84. The van der Waals surface area contributed by atoms with Crippen LogP contribution < -0.4 is 14.4 Å². The molecule has 0 radical (unpaired) electrons. The van der Waals surface area contributed by atoms with Crippen LogP contribution in [0.5, 0.6) is 5.75 Å². The molecular weight excluding hydrogens is 448 g/mol. The summed E-state index contributed by atoms with van der Waals surface area (Å²) < 4.78 is 33.7. The minimum Gasteiger partial charge on any atom is -0.495 e. The number of methoxy groups -OCH3 is 1. The van der Waals surface area contributed by atoms with E-state index in [9.17, 15) is 8.42 Å². The van der Waals surface area contributed by atoms with Crippen LogP contribution in [0.2, 0.25) is 5.02 Å². The average molecular weight is 473 g/mol.